The standard InChI is InChI=1S/C14H13ClFN3O2/c1-2-6-17-11-7-10(14(20)21)18-13(19-11)12-8(15)4-3-5-9(12)16/h3-5,7H,2,6H2,1H3,(H,20,21)(H,17,18,19). The van der Waals surface area contributed by atoms with Crippen LogP contribution in [0.2, 0.25) is 5.02 Å². The zero-order chi connectivity index (χ0) is 15.4. The quantitative estimate of drug-likeness (QED) is 0.884. The summed E-state index contributed by atoms with van der Waals surface area (Å²) in [6.45, 7) is 2.57. The number of anilines is 1. The molecule has 0 saturated carbocycles. The molecule has 1 aromatic heterocycles. The molecule has 2 N–H and O–H groups in total. The first-order valence-electron chi connectivity index (χ1n) is 6.33. The lowest BCUT2D eigenvalue weighted by Crippen LogP contribution is -2.09. The van der Waals surface area contributed by atoms with Crippen molar-refractivity contribution in [3.8, 4) is 11.4 Å². The van der Waals surface area contributed by atoms with Gasteiger partial charge in [-0.25, -0.2) is 19.2 Å². The Labute approximate surface area is 125 Å². The Bertz CT molecular complexity index is 659. The summed E-state index contributed by atoms with van der Waals surface area (Å²) >= 11 is 5.96. The summed E-state index contributed by atoms with van der Waals surface area (Å²) in [5.41, 5.74) is -0.236. The summed E-state index contributed by atoms with van der Waals surface area (Å²) in [4.78, 5) is 19.1. The van der Waals surface area contributed by atoms with Crippen LogP contribution in [-0.2, 0) is 0 Å². The average Bonchev–Trinajstić information content (AvgIpc) is 2.44. The molecule has 21 heavy (non-hydrogen) atoms. The third-order valence-electron chi connectivity index (χ3n) is 2.69. The summed E-state index contributed by atoms with van der Waals surface area (Å²) in [7, 11) is 0. The summed E-state index contributed by atoms with van der Waals surface area (Å²) in [5, 5.41) is 12.2. The summed E-state index contributed by atoms with van der Waals surface area (Å²) in [6, 6.07) is 5.47. The topological polar surface area (TPSA) is 75.1 Å². The molecule has 110 valence electrons. The third-order valence-corrected chi connectivity index (χ3v) is 3.00. The number of aromatic nitrogens is 2. The summed E-state index contributed by atoms with van der Waals surface area (Å²) in [5.74, 6) is -1.56. The van der Waals surface area contributed by atoms with Crippen LogP contribution in [-0.4, -0.2) is 27.6 Å². The highest BCUT2D eigenvalue weighted by Gasteiger charge is 2.17. The second-order valence-electron chi connectivity index (χ2n) is 4.29. The van der Waals surface area contributed by atoms with Gasteiger partial charge in [-0.3, -0.25) is 0 Å². The molecule has 0 aliphatic carbocycles. The van der Waals surface area contributed by atoms with Gasteiger partial charge in [0.05, 0.1) is 10.6 Å². The first-order valence-corrected chi connectivity index (χ1v) is 6.71. The highest BCUT2D eigenvalue weighted by atomic mass is 35.5. The van der Waals surface area contributed by atoms with Crippen LogP contribution in [0.5, 0.6) is 0 Å². The number of hydrogen-bond donors (Lipinski definition) is 2. The predicted molar refractivity (Wildman–Crippen MR) is 78.2 cm³/mol. The van der Waals surface area contributed by atoms with Crippen molar-refractivity contribution >= 4 is 23.4 Å². The highest BCUT2D eigenvalue weighted by molar-refractivity contribution is 6.33. The summed E-state index contributed by atoms with van der Waals surface area (Å²) in [6.07, 6.45) is 0.836. The SMILES string of the molecule is CCCNc1cc(C(=O)O)nc(-c2c(F)cccc2Cl)n1. The Morgan fingerprint density at radius 3 is 2.81 bits per heavy atom. The van der Waals surface area contributed by atoms with Crippen LogP contribution in [0.15, 0.2) is 24.3 Å². The molecule has 0 amide bonds. The van der Waals surface area contributed by atoms with Crippen molar-refractivity contribution in [1.29, 1.82) is 0 Å². The maximum atomic E-state index is 13.9. The number of aromatic carboxylic acids is 1. The van der Waals surface area contributed by atoms with E-state index in [1.165, 1.54) is 24.3 Å². The molecule has 0 unspecified atom stereocenters. The lowest BCUT2D eigenvalue weighted by Gasteiger charge is -2.09. The van der Waals surface area contributed by atoms with Gasteiger partial charge < -0.3 is 10.4 Å². The smallest absolute Gasteiger partial charge is 0.354 e. The van der Waals surface area contributed by atoms with E-state index in [4.69, 9.17) is 16.7 Å². The van der Waals surface area contributed by atoms with Crippen LogP contribution in [0.4, 0.5) is 10.2 Å². The number of nitrogens with zero attached hydrogens (tertiary/aromatic N) is 2. The minimum Gasteiger partial charge on any atom is -0.477 e. The second-order valence-corrected chi connectivity index (χ2v) is 4.70. The third kappa shape index (κ3) is 3.46. The van der Waals surface area contributed by atoms with Crippen molar-refractivity contribution in [2.45, 2.75) is 13.3 Å². The minimum atomic E-state index is -1.22. The molecule has 0 atom stereocenters. The molecule has 0 aliphatic heterocycles. The molecule has 0 fully saturated rings. The molecule has 7 heteroatoms. The van der Waals surface area contributed by atoms with Gasteiger partial charge in [-0.15, -0.1) is 0 Å². The van der Waals surface area contributed by atoms with E-state index >= 15 is 0 Å². The molecule has 0 radical (unpaired) electrons. The number of benzene rings is 1. The van der Waals surface area contributed by atoms with Crippen molar-refractivity contribution in [3.05, 3.63) is 40.8 Å². The maximum absolute atomic E-state index is 13.9. The van der Waals surface area contributed by atoms with E-state index in [1.807, 2.05) is 6.92 Å². The Morgan fingerprint density at radius 1 is 1.43 bits per heavy atom. The Balaban J connectivity index is 2.57. The molecular formula is C14H13ClFN3O2. The lowest BCUT2D eigenvalue weighted by molar-refractivity contribution is 0.0690. The molecule has 1 aromatic carbocycles. The van der Waals surface area contributed by atoms with Crippen molar-refractivity contribution < 1.29 is 14.3 Å². The zero-order valence-electron chi connectivity index (χ0n) is 11.2. The second kappa shape index (κ2) is 6.49. The fraction of sp³-hybridized carbons (Fsp3) is 0.214. The van der Waals surface area contributed by atoms with E-state index in [-0.39, 0.29) is 22.1 Å². The number of carboxylic acids is 1. The summed E-state index contributed by atoms with van der Waals surface area (Å²) < 4.78 is 13.9. The molecule has 2 aromatic rings. The van der Waals surface area contributed by atoms with Gasteiger partial charge in [0.25, 0.3) is 0 Å². The van der Waals surface area contributed by atoms with Gasteiger partial charge in [-0.1, -0.05) is 24.6 Å². The molecule has 5 nitrogen and oxygen atoms in total. The molecule has 0 spiro atoms. The van der Waals surface area contributed by atoms with Gasteiger partial charge in [-0.05, 0) is 18.6 Å². The minimum absolute atomic E-state index is 0.0122. The highest BCUT2D eigenvalue weighted by Crippen LogP contribution is 2.29. The lowest BCUT2D eigenvalue weighted by atomic mass is 10.2. The van der Waals surface area contributed by atoms with Crippen LogP contribution in [0.3, 0.4) is 0 Å². The fourth-order valence-corrected chi connectivity index (χ4v) is 1.97. The van der Waals surface area contributed by atoms with Crippen LogP contribution in [0.1, 0.15) is 23.8 Å². The van der Waals surface area contributed by atoms with Crippen molar-refractivity contribution in [2.24, 2.45) is 0 Å². The van der Waals surface area contributed by atoms with Gasteiger partial charge >= 0.3 is 5.97 Å². The fourth-order valence-electron chi connectivity index (χ4n) is 1.72. The maximum Gasteiger partial charge on any atom is 0.354 e. The van der Waals surface area contributed by atoms with E-state index < -0.39 is 11.8 Å². The Kier molecular flexibility index (Phi) is 4.70. The van der Waals surface area contributed by atoms with E-state index in [1.54, 1.807) is 0 Å². The molecule has 0 aliphatic rings. The van der Waals surface area contributed by atoms with E-state index in [0.717, 1.165) is 6.42 Å². The number of halogens is 2. The monoisotopic (exact) mass is 309 g/mol. The normalized spacial score (nSPS) is 10.4. The van der Waals surface area contributed by atoms with Gasteiger partial charge in [0.2, 0.25) is 0 Å². The van der Waals surface area contributed by atoms with Gasteiger partial charge in [0.15, 0.2) is 11.5 Å². The van der Waals surface area contributed by atoms with E-state index in [9.17, 15) is 9.18 Å². The van der Waals surface area contributed by atoms with E-state index in [0.29, 0.717) is 12.4 Å². The molecule has 0 saturated heterocycles. The largest absolute Gasteiger partial charge is 0.477 e. The number of hydrogen-bond acceptors (Lipinski definition) is 4. The Hall–Kier alpha value is -2.21. The number of carbonyl (C=O) groups is 1. The van der Waals surface area contributed by atoms with Gasteiger partial charge in [0.1, 0.15) is 11.6 Å². The van der Waals surface area contributed by atoms with Crippen LogP contribution < -0.4 is 5.32 Å². The van der Waals surface area contributed by atoms with Gasteiger partial charge in [0, 0.05) is 12.6 Å². The van der Waals surface area contributed by atoms with Crippen LogP contribution in [0, 0.1) is 5.82 Å². The van der Waals surface area contributed by atoms with Crippen LogP contribution in [0.25, 0.3) is 11.4 Å². The molecular weight excluding hydrogens is 297 g/mol. The first kappa shape index (κ1) is 15.2. The van der Waals surface area contributed by atoms with Crippen molar-refractivity contribution in [2.75, 3.05) is 11.9 Å². The molecule has 2 rings (SSSR count). The number of carboxylic acid groups (broad SMARTS) is 1. The van der Waals surface area contributed by atoms with Gasteiger partial charge in [-0.2, -0.15) is 0 Å². The van der Waals surface area contributed by atoms with Crippen molar-refractivity contribution in [3.63, 3.8) is 0 Å². The molecule has 1 heterocycles. The van der Waals surface area contributed by atoms with Crippen LogP contribution >= 0.6 is 11.6 Å². The average molecular weight is 310 g/mol. The Morgan fingerprint density at radius 2 is 2.19 bits per heavy atom. The number of nitrogens with one attached hydrogen (secondary N) is 1. The predicted octanol–water partition coefficient (Wildman–Crippen LogP) is 3.46. The number of rotatable bonds is 5. The zero-order valence-corrected chi connectivity index (χ0v) is 12.0. The first-order chi connectivity index (χ1) is 10.0. The van der Waals surface area contributed by atoms with E-state index in [2.05, 4.69) is 15.3 Å². The molecule has 0 bridgehead atoms. The van der Waals surface area contributed by atoms with Crippen molar-refractivity contribution in [1.82, 2.24) is 9.97 Å².